The van der Waals surface area contributed by atoms with Crippen molar-refractivity contribution in [2.75, 3.05) is 0 Å². The molecule has 0 bridgehead atoms. The summed E-state index contributed by atoms with van der Waals surface area (Å²) < 4.78 is 44.5. The van der Waals surface area contributed by atoms with Gasteiger partial charge in [0.25, 0.3) is 5.56 Å². The van der Waals surface area contributed by atoms with Gasteiger partial charge in [0, 0.05) is 6.20 Å². The summed E-state index contributed by atoms with van der Waals surface area (Å²) in [6.07, 6.45) is -3.04. The van der Waals surface area contributed by atoms with Gasteiger partial charge in [-0.15, -0.1) is 10.2 Å². The van der Waals surface area contributed by atoms with E-state index in [9.17, 15) is 18.0 Å². The standard InChI is InChI=1S/C16H12F3N3O2/c17-16(18,19)12-7-4-8-22(15(12)23)10-14-21-20-13(24-14)9-11-5-2-1-3-6-11/h1-8H,9-10H2. The lowest BCUT2D eigenvalue weighted by atomic mass is 10.2. The van der Waals surface area contributed by atoms with E-state index in [1.54, 1.807) is 0 Å². The Morgan fingerprint density at radius 2 is 1.71 bits per heavy atom. The van der Waals surface area contributed by atoms with Crippen LogP contribution in [0.2, 0.25) is 0 Å². The average molecular weight is 335 g/mol. The van der Waals surface area contributed by atoms with Crippen molar-refractivity contribution in [3.8, 4) is 0 Å². The van der Waals surface area contributed by atoms with Gasteiger partial charge >= 0.3 is 6.18 Å². The first kappa shape index (κ1) is 16.0. The maximum Gasteiger partial charge on any atom is 0.421 e. The molecule has 2 heterocycles. The highest BCUT2D eigenvalue weighted by molar-refractivity contribution is 5.18. The summed E-state index contributed by atoms with van der Waals surface area (Å²) in [5, 5.41) is 7.64. The molecule has 124 valence electrons. The van der Waals surface area contributed by atoms with Crippen LogP contribution in [0.15, 0.2) is 57.9 Å². The molecule has 8 heteroatoms. The molecule has 0 saturated carbocycles. The van der Waals surface area contributed by atoms with Gasteiger partial charge in [0.2, 0.25) is 11.8 Å². The van der Waals surface area contributed by atoms with Crippen molar-refractivity contribution in [3.05, 3.63) is 81.9 Å². The number of hydrogen-bond donors (Lipinski definition) is 0. The smallest absolute Gasteiger partial charge is 0.421 e. The van der Waals surface area contributed by atoms with Crippen LogP contribution in [0.5, 0.6) is 0 Å². The van der Waals surface area contributed by atoms with Gasteiger partial charge in [-0.3, -0.25) is 4.79 Å². The predicted molar refractivity (Wildman–Crippen MR) is 78.4 cm³/mol. The summed E-state index contributed by atoms with van der Waals surface area (Å²) in [4.78, 5) is 11.9. The van der Waals surface area contributed by atoms with Crippen LogP contribution in [0.4, 0.5) is 13.2 Å². The van der Waals surface area contributed by atoms with E-state index in [4.69, 9.17) is 4.42 Å². The molecule has 0 atom stereocenters. The number of nitrogens with zero attached hydrogens (tertiary/aromatic N) is 3. The number of pyridine rings is 1. The van der Waals surface area contributed by atoms with Gasteiger partial charge in [0.15, 0.2) is 0 Å². The van der Waals surface area contributed by atoms with E-state index in [1.165, 1.54) is 6.20 Å². The Bertz CT molecular complexity index is 885. The number of hydrogen-bond acceptors (Lipinski definition) is 4. The van der Waals surface area contributed by atoms with Crippen LogP contribution >= 0.6 is 0 Å². The molecule has 0 unspecified atom stereocenters. The molecule has 0 aliphatic carbocycles. The molecule has 0 N–H and O–H groups in total. The number of halogens is 3. The zero-order valence-electron chi connectivity index (χ0n) is 12.3. The highest BCUT2D eigenvalue weighted by Gasteiger charge is 2.34. The maximum absolute atomic E-state index is 12.7. The second-order valence-corrected chi connectivity index (χ2v) is 5.10. The molecular formula is C16H12F3N3O2. The summed E-state index contributed by atoms with van der Waals surface area (Å²) in [6.45, 7) is -0.218. The van der Waals surface area contributed by atoms with Crippen molar-refractivity contribution in [1.82, 2.24) is 14.8 Å². The van der Waals surface area contributed by atoms with Crippen LogP contribution < -0.4 is 5.56 Å². The van der Waals surface area contributed by atoms with Crippen LogP contribution in [0.25, 0.3) is 0 Å². The minimum Gasteiger partial charge on any atom is -0.423 e. The quantitative estimate of drug-likeness (QED) is 0.735. The molecule has 2 aromatic heterocycles. The van der Waals surface area contributed by atoms with Crippen molar-refractivity contribution in [1.29, 1.82) is 0 Å². The lowest BCUT2D eigenvalue weighted by Gasteiger charge is -2.08. The highest BCUT2D eigenvalue weighted by Crippen LogP contribution is 2.26. The normalized spacial score (nSPS) is 11.6. The maximum atomic E-state index is 12.7. The fraction of sp³-hybridized carbons (Fsp3) is 0.188. The van der Waals surface area contributed by atoms with Crippen molar-refractivity contribution in [2.24, 2.45) is 0 Å². The topological polar surface area (TPSA) is 60.9 Å². The lowest BCUT2D eigenvalue weighted by Crippen LogP contribution is -2.28. The minimum absolute atomic E-state index is 0.0716. The third-order valence-electron chi connectivity index (χ3n) is 3.34. The van der Waals surface area contributed by atoms with Crippen molar-refractivity contribution < 1.29 is 17.6 Å². The van der Waals surface area contributed by atoms with E-state index in [0.29, 0.717) is 12.3 Å². The van der Waals surface area contributed by atoms with Crippen LogP contribution in [-0.4, -0.2) is 14.8 Å². The van der Waals surface area contributed by atoms with Gasteiger partial charge in [0.05, 0.1) is 6.42 Å². The Morgan fingerprint density at radius 3 is 2.42 bits per heavy atom. The van der Waals surface area contributed by atoms with Crippen LogP contribution in [-0.2, 0) is 19.1 Å². The Labute approximate surface area is 134 Å². The van der Waals surface area contributed by atoms with Crippen LogP contribution in [0.3, 0.4) is 0 Å². The monoisotopic (exact) mass is 335 g/mol. The minimum atomic E-state index is -4.70. The molecule has 1 aromatic carbocycles. The zero-order valence-corrected chi connectivity index (χ0v) is 12.3. The fourth-order valence-electron chi connectivity index (χ4n) is 2.22. The summed E-state index contributed by atoms with van der Waals surface area (Å²) in [5.41, 5.74) is -1.41. The van der Waals surface area contributed by atoms with E-state index in [-0.39, 0.29) is 12.4 Å². The lowest BCUT2D eigenvalue weighted by molar-refractivity contribution is -0.139. The molecule has 0 saturated heterocycles. The number of rotatable bonds is 4. The number of alkyl halides is 3. The zero-order chi connectivity index (χ0) is 17.2. The number of benzene rings is 1. The summed E-state index contributed by atoms with van der Waals surface area (Å²) in [7, 11) is 0. The molecular weight excluding hydrogens is 323 g/mol. The first-order chi connectivity index (χ1) is 11.4. The highest BCUT2D eigenvalue weighted by atomic mass is 19.4. The molecule has 3 aromatic rings. The Hall–Kier alpha value is -2.90. The van der Waals surface area contributed by atoms with Gasteiger partial charge in [-0.05, 0) is 17.7 Å². The van der Waals surface area contributed by atoms with Gasteiger partial charge in [-0.1, -0.05) is 30.3 Å². The molecule has 5 nitrogen and oxygen atoms in total. The largest absolute Gasteiger partial charge is 0.423 e. The molecule has 0 fully saturated rings. The average Bonchev–Trinajstić information content (AvgIpc) is 2.96. The molecule has 0 aliphatic heterocycles. The molecule has 0 aliphatic rings. The second-order valence-electron chi connectivity index (χ2n) is 5.10. The van der Waals surface area contributed by atoms with E-state index < -0.39 is 17.3 Å². The Kier molecular flexibility index (Phi) is 4.20. The van der Waals surface area contributed by atoms with E-state index in [0.717, 1.165) is 22.3 Å². The first-order valence-corrected chi connectivity index (χ1v) is 7.05. The van der Waals surface area contributed by atoms with Gasteiger partial charge in [-0.2, -0.15) is 13.2 Å². The van der Waals surface area contributed by atoms with Gasteiger partial charge < -0.3 is 8.98 Å². The second kappa shape index (κ2) is 6.31. The fourth-order valence-corrected chi connectivity index (χ4v) is 2.22. The first-order valence-electron chi connectivity index (χ1n) is 7.05. The summed E-state index contributed by atoms with van der Waals surface area (Å²) in [6, 6.07) is 11.3. The van der Waals surface area contributed by atoms with Crippen LogP contribution in [0.1, 0.15) is 22.9 Å². The van der Waals surface area contributed by atoms with E-state index >= 15 is 0 Å². The third kappa shape index (κ3) is 3.53. The van der Waals surface area contributed by atoms with Gasteiger partial charge in [-0.25, -0.2) is 0 Å². The molecule has 24 heavy (non-hydrogen) atoms. The Balaban J connectivity index is 1.79. The number of aromatic nitrogens is 3. The van der Waals surface area contributed by atoms with E-state index in [1.807, 2.05) is 30.3 Å². The molecule has 3 rings (SSSR count). The Morgan fingerprint density at radius 1 is 1.00 bits per heavy atom. The third-order valence-corrected chi connectivity index (χ3v) is 3.34. The van der Waals surface area contributed by atoms with Gasteiger partial charge in [0.1, 0.15) is 12.1 Å². The predicted octanol–water partition coefficient (Wildman–Crippen LogP) is 2.89. The summed E-state index contributed by atoms with van der Waals surface area (Å²) >= 11 is 0. The molecule has 0 radical (unpaired) electrons. The molecule has 0 spiro atoms. The molecule has 0 amide bonds. The van der Waals surface area contributed by atoms with Crippen LogP contribution in [0, 0.1) is 0 Å². The van der Waals surface area contributed by atoms with Crippen molar-refractivity contribution in [3.63, 3.8) is 0 Å². The SMILES string of the molecule is O=c1c(C(F)(F)F)cccn1Cc1nnc(Cc2ccccc2)o1. The van der Waals surface area contributed by atoms with E-state index in [2.05, 4.69) is 10.2 Å². The van der Waals surface area contributed by atoms with Crippen molar-refractivity contribution in [2.45, 2.75) is 19.1 Å². The van der Waals surface area contributed by atoms with Crippen molar-refractivity contribution >= 4 is 0 Å². The summed E-state index contributed by atoms with van der Waals surface area (Å²) in [5.74, 6) is 0.401.